The molecule has 1 atom stereocenters. The fourth-order valence-corrected chi connectivity index (χ4v) is 2.32. The molecule has 0 aliphatic carbocycles. The zero-order chi connectivity index (χ0) is 13.0. The Hall–Kier alpha value is -1.28. The van der Waals surface area contributed by atoms with Crippen LogP contribution in [0.5, 0.6) is 0 Å². The van der Waals surface area contributed by atoms with Crippen LogP contribution in [-0.2, 0) is 13.1 Å². The van der Waals surface area contributed by atoms with Crippen molar-refractivity contribution >= 4 is 10.9 Å². The van der Waals surface area contributed by atoms with Gasteiger partial charge in [0, 0.05) is 36.2 Å². The summed E-state index contributed by atoms with van der Waals surface area (Å²) in [7, 11) is 0. The van der Waals surface area contributed by atoms with E-state index in [-0.39, 0.29) is 0 Å². The van der Waals surface area contributed by atoms with Gasteiger partial charge in [0.1, 0.15) is 0 Å². The highest BCUT2D eigenvalue weighted by molar-refractivity contribution is 5.83. The van der Waals surface area contributed by atoms with Gasteiger partial charge in [-0.2, -0.15) is 0 Å². The summed E-state index contributed by atoms with van der Waals surface area (Å²) < 4.78 is 2.38. The van der Waals surface area contributed by atoms with Crippen LogP contribution in [0.4, 0.5) is 0 Å². The maximum absolute atomic E-state index is 3.58. The minimum absolute atomic E-state index is 0.582. The van der Waals surface area contributed by atoms with Crippen molar-refractivity contribution in [1.82, 2.24) is 9.88 Å². The Morgan fingerprint density at radius 3 is 2.72 bits per heavy atom. The molecule has 2 aromatic rings. The van der Waals surface area contributed by atoms with E-state index in [1.807, 2.05) is 0 Å². The Kier molecular flexibility index (Phi) is 4.43. The lowest BCUT2D eigenvalue weighted by atomic mass is 10.1. The maximum atomic E-state index is 3.58. The van der Waals surface area contributed by atoms with Crippen molar-refractivity contribution in [3.8, 4) is 0 Å². The third kappa shape index (κ3) is 2.75. The number of rotatable bonds is 6. The number of fused-ring (bicyclic) bond motifs is 1. The van der Waals surface area contributed by atoms with Gasteiger partial charge in [0.2, 0.25) is 0 Å². The molecule has 0 spiro atoms. The Morgan fingerprint density at radius 2 is 2.00 bits per heavy atom. The van der Waals surface area contributed by atoms with Gasteiger partial charge in [0.15, 0.2) is 0 Å². The summed E-state index contributed by atoms with van der Waals surface area (Å²) in [6, 6.07) is 9.29. The molecular formula is C16H24N2. The minimum Gasteiger partial charge on any atom is -0.347 e. The highest BCUT2D eigenvalue weighted by atomic mass is 15.0. The lowest BCUT2D eigenvalue weighted by Gasteiger charge is -2.10. The van der Waals surface area contributed by atoms with Crippen molar-refractivity contribution in [1.29, 1.82) is 0 Å². The van der Waals surface area contributed by atoms with Gasteiger partial charge < -0.3 is 9.88 Å². The average Bonchev–Trinajstić information content (AvgIpc) is 2.75. The van der Waals surface area contributed by atoms with Crippen LogP contribution in [0.3, 0.4) is 0 Å². The van der Waals surface area contributed by atoms with Gasteiger partial charge >= 0.3 is 0 Å². The van der Waals surface area contributed by atoms with Crippen molar-refractivity contribution in [2.45, 2.75) is 52.7 Å². The SMILES string of the molecule is CCCn1cc(CNC(C)CC)c2ccccc21. The van der Waals surface area contributed by atoms with Crippen molar-refractivity contribution < 1.29 is 0 Å². The van der Waals surface area contributed by atoms with Crippen LogP contribution in [0.15, 0.2) is 30.5 Å². The van der Waals surface area contributed by atoms with Gasteiger partial charge in [-0.15, -0.1) is 0 Å². The third-order valence-corrected chi connectivity index (χ3v) is 3.59. The lowest BCUT2D eigenvalue weighted by molar-refractivity contribution is 0.534. The molecule has 18 heavy (non-hydrogen) atoms. The predicted molar refractivity (Wildman–Crippen MR) is 78.8 cm³/mol. The van der Waals surface area contributed by atoms with E-state index >= 15 is 0 Å². The van der Waals surface area contributed by atoms with Crippen LogP contribution in [0.2, 0.25) is 0 Å². The smallest absolute Gasteiger partial charge is 0.0483 e. The van der Waals surface area contributed by atoms with Gasteiger partial charge in [0.25, 0.3) is 0 Å². The number of hydrogen-bond acceptors (Lipinski definition) is 1. The molecule has 2 nitrogen and oxygen atoms in total. The lowest BCUT2D eigenvalue weighted by Crippen LogP contribution is -2.24. The second-order valence-electron chi connectivity index (χ2n) is 5.06. The summed E-state index contributed by atoms with van der Waals surface area (Å²) in [5, 5.41) is 4.97. The fourth-order valence-electron chi connectivity index (χ4n) is 2.32. The molecule has 0 saturated carbocycles. The number of nitrogens with one attached hydrogen (secondary N) is 1. The molecule has 1 unspecified atom stereocenters. The number of aromatic nitrogens is 1. The normalized spacial score (nSPS) is 13.1. The molecule has 1 aromatic carbocycles. The highest BCUT2D eigenvalue weighted by Gasteiger charge is 2.08. The Morgan fingerprint density at radius 1 is 1.22 bits per heavy atom. The molecule has 2 rings (SSSR count). The van der Waals surface area contributed by atoms with Crippen LogP contribution in [-0.4, -0.2) is 10.6 Å². The highest BCUT2D eigenvalue weighted by Crippen LogP contribution is 2.21. The first-order valence-electron chi connectivity index (χ1n) is 7.06. The molecule has 0 amide bonds. The predicted octanol–water partition coefficient (Wildman–Crippen LogP) is 3.94. The largest absolute Gasteiger partial charge is 0.347 e. The van der Waals surface area contributed by atoms with E-state index < -0.39 is 0 Å². The second kappa shape index (κ2) is 6.05. The molecule has 1 heterocycles. The fraction of sp³-hybridized carbons (Fsp3) is 0.500. The molecule has 98 valence electrons. The Bertz CT molecular complexity index is 499. The summed E-state index contributed by atoms with van der Waals surface area (Å²) in [6.07, 6.45) is 4.66. The van der Waals surface area contributed by atoms with Crippen molar-refractivity contribution in [3.05, 3.63) is 36.0 Å². The number of aryl methyl sites for hydroxylation is 1. The summed E-state index contributed by atoms with van der Waals surface area (Å²) in [5.74, 6) is 0. The van der Waals surface area contributed by atoms with Gasteiger partial charge in [-0.05, 0) is 31.4 Å². The standard InChI is InChI=1S/C16H24N2/c1-4-10-18-12-14(11-17-13(3)5-2)15-8-6-7-9-16(15)18/h6-9,12-13,17H,4-5,10-11H2,1-3H3. The van der Waals surface area contributed by atoms with E-state index in [4.69, 9.17) is 0 Å². The van der Waals surface area contributed by atoms with Crippen molar-refractivity contribution in [3.63, 3.8) is 0 Å². The zero-order valence-corrected chi connectivity index (χ0v) is 11.7. The molecule has 0 aliphatic heterocycles. The number of hydrogen-bond donors (Lipinski definition) is 1. The summed E-state index contributed by atoms with van der Waals surface area (Å²) in [4.78, 5) is 0. The molecular weight excluding hydrogens is 220 g/mol. The van der Waals surface area contributed by atoms with Gasteiger partial charge in [-0.3, -0.25) is 0 Å². The number of para-hydroxylation sites is 1. The van der Waals surface area contributed by atoms with Crippen LogP contribution in [0.1, 0.15) is 39.2 Å². The molecule has 0 fully saturated rings. The van der Waals surface area contributed by atoms with E-state index in [0.717, 1.165) is 13.1 Å². The van der Waals surface area contributed by atoms with Gasteiger partial charge in [-0.25, -0.2) is 0 Å². The summed E-state index contributed by atoms with van der Waals surface area (Å²) in [5.41, 5.74) is 2.78. The van der Waals surface area contributed by atoms with Crippen molar-refractivity contribution in [2.24, 2.45) is 0 Å². The summed E-state index contributed by atoms with van der Waals surface area (Å²) in [6.45, 7) is 8.76. The first-order valence-corrected chi connectivity index (χ1v) is 7.06. The van der Waals surface area contributed by atoms with Crippen LogP contribution < -0.4 is 5.32 Å². The molecule has 0 aliphatic rings. The second-order valence-corrected chi connectivity index (χ2v) is 5.06. The van der Waals surface area contributed by atoms with E-state index in [1.165, 1.54) is 29.3 Å². The van der Waals surface area contributed by atoms with E-state index in [9.17, 15) is 0 Å². The molecule has 2 heteroatoms. The van der Waals surface area contributed by atoms with Gasteiger partial charge in [0.05, 0.1) is 0 Å². The molecule has 1 N–H and O–H groups in total. The van der Waals surface area contributed by atoms with E-state index in [2.05, 4.69) is 61.1 Å². The zero-order valence-electron chi connectivity index (χ0n) is 11.7. The van der Waals surface area contributed by atoms with Crippen LogP contribution in [0, 0.1) is 0 Å². The third-order valence-electron chi connectivity index (χ3n) is 3.59. The Labute approximate surface area is 110 Å². The Balaban J connectivity index is 2.26. The molecule has 0 radical (unpaired) electrons. The quantitative estimate of drug-likeness (QED) is 0.814. The van der Waals surface area contributed by atoms with E-state index in [0.29, 0.717) is 6.04 Å². The first kappa shape index (κ1) is 13.2. The van der Waals surface area contributed by atoms with Crippen molar-refractivity contribution in [2.75, 3.05) is 0 Å². The van der Waals surface area contributed by atoms with Crippen LogP contribution >= 0.6 is 0 Å². The van der Waals surface area contributed by atoms with Gasteiger partial charge in [-0.1, -0.05) is 32.0 Å². The molecule has 0 bridgehead atoms. The number of nitrogens with zero attached hydrogens (tertiary/aromatic N) is 1. The van der Waals surface area contributed by atoms with Crippen LogP contribution in [0.25, 0.3) is 10.9 Å². The van der Waals surface area contributed by atoms with E-state index in [1.54, 1.807) is 0 Å². The topological polar surface area (TPSA) is 17.0 Å². The summed E-state index contributed by atoms with van der Waals surface area (Å²) >= 11 is 0. The number of benzene rings is 1. The maximum Gasteiger partial charge on any atom is 0.0483 e. The minimum atomic E-state index is 0.582. The monoisotopic (exact) mass is 244 g/mol. The molecule has 1 aromatic heterocycles. The first-order chi connectivity index (χ1) is 8.76. The molecule has 0 saturated heterocycles. The average molecular weight is 244 g/mol.